The van der Waals surface area contributed by atoms with Crippen molar-refractivity contribution in [2.24, 2.45) is 5.92 Å². The highest BCUT2D eigenvalue weighted by Gasteiger charge is 2.33. The van der Waals surface area contributed by atoms with E-state index in [4.69, 9.17) is 11.6 Å². The van der Waals surface area contributed by atoms with Crippen molar-refractivity contribution in [2.45, 2.75) is 30.8 Å². The van der Waals surface area contributed by atoms with Crippen LogP contribution in [0.15, 0.2) is 12.1 Å². The van der Waals surface area contributed by atoms with Gasteiger partial charge in [-0.25, -0.2) is 0 Å². The van der Waals surface area contributed by atoms with Crippen LogP contribution in [0.4, 0.5) is 19.0 Å². The highest BCUT2D eigenvalue weighted by molar-refractivity contribution is 6.20. The molecule has 100 valence electrons. The Morgan fingerprint density at radius 3 is 2.56 bits per heavy atom. The van der Waals surface area contributed by atoms with Crippen LogP contribution in [0.1, 0.15) is 25.0 Å². The Morgan fingerprint density at radius 1 is 1.28 bits per heavy atom. The van der Waals surface area contributed by atoms with Gasteiger partial charge in [-0.2, -0.15) is 13.2 Å². The second kappa shape index (κ2) is 5.30. The molecule has 0 aliphatic heterocycles. The molecule has 0 radical (unpaired) electrons. The quantitative estimate of drug-likeness (QED) is 0.863. The first-order chi connectivity index (χ1) is 8.47. The molecule has 1 saturated carbocycles. The van der Waals surface area contributed by atoms with Gasteiger partial charge in [0.15, 0.2) is 5.69 Å². The third kappa shape index (κ3) is 3.25. The van der Waals surface area contributed by atoms with Gasteiger partial charge in [0.25, 0.3) is 0 Å². The predicted octanol–water partition coefficient (Wildman–Crippen LogP) is 3.31. The molecule has 1 aromatic heterocycles. The number of anilines is 1. The zero-order valence-electron chi connectivity index (χ0n) is 9.54. The van der Waals surface area contributed by atoms with Gasteiger partial charge in [0, 0.05) is 11.9 Å². The first kappa shape index (κ1) is 13.4. The second-order valence-corrected chi connectivity index (χ2v) is 4.95. The van der Waals surface area contributed by atoms with Crippen LogP contribution < -0.4 is 5.32 Å². The van der Waals surface area contributed by atoms with Gasteiger partial charge in [0.05, 0.1) is 0 Å². The third-order valence-corrected chi connectivity index (χ3v) is 3.64. The summed E-state index contributed by atoms with van der Waals surface area (Å²) in [6.45, 7) is 0.619. The number of halogens is 4. The first-order valence-electron chi connectivity index (χ1n) is 5.75. The van der Waals surface area contributed by atoms with E-state index in [1.165, 1.54) is 6.07 Å². The number of aromatic nitrogens is 2. The number of hydrogen-bond donors (Lipinski definition) is 1. The van der Waals surface area contributed by atoms with Gasteiger partial charge in [0.1, 0.15) is 5.82 Å². The van der Waals surface area contributed by atoms with Crippen LogP contribution in [0.3, 0.4) is 0 Å². The van der Waals surface area contributed by atoms with Crippen molar-refractivity contribution in [3.63, 3.8) is 0 Å². The fraction of sp³-hybridized carbons (Fsp3) is 0.636. The molecule has 2 unspecified atom stereocenters. The summed E-state index contributed by atoms with van der Waals surface area (Å²) in [5.41, 5.74) is -0.982. The van der Waals surface area contributed by atoms with Gasteiger partial charge in [-0.3, -0.25) is 0 Å². The van der Waals surface area contributed by atoms with Crippen LogP contribution in [0.2, 0.25) is 0 Å². The standard InChI is InChI=1S/C11H13ClF3N3/c12-8-3-1-2-7(8)6-16-10-5-4-9(17-18-10)11(13,14)15/h4-5,7-8H,1-3,6H2,(H,16,18). The number of nitrogens with zero attached hydrogens (tertiary/aromatic N) is 2. The lowest BCUT2D eigenvalue weighted by Gasteiger charge is -2.14. The minimum Gasteiger partial charge on any atom is -0.368 e. The maximum absolute atomic E-state index is 12.3. The lowest BCUT2D eigenvalue weighted by atomic mass is 10.1. The van der Waals surface area contributed by atoms with Crippen molar-refractivity contribution in [3.8, 4) is 0 Å². The molecule has 0 spiro atoms. The molecule has 1 aromatic rings. The van der Waals surface area contributed by atoms with E-state index in [1.54, 1.807) is 0 Å². The lowest BCUT2D eigenvalue weighted by molar-refractivity contribution is -0.141. The summed E-state index contributed by atoms with van der Waals surface area (Å²) in [5.74, 6) is 0.689. The fourth-order valence-electron chi connectivity index (χ4n) is 2.03. The molecule has 0 saturated heterocycles. The van der Waals surface area contributed by atoms with Gasteiger partial charge in [-0.15, -0.1) is 21.8 Å². The SMILES string of the molecule is FC(F)(F)c1ccc(NCC2CCCC2Cl)nn1. The highest BCUT2D eigenvalue weighted by Crippen LogP contribution is 2.30. The van der Waals surface area contributed by atoms with Crippen molar-refractivity contribution >= 4 is 17.4 Å². The molecule has 18 heavy (non-hydrogen) atoms. The van der Waals surface area contributed by atoms with Crippen LogP contribution in [0, 0.1) is 5.92 Å². The molecule has 7 heteroatoms. The third-order valence-electron chi connectivity index (χ3n) is 3.07. The van der Waals surface area contributed by atoms with E-state index >= 15 is 0 Å². The summed E-state index contributed by atoms with van der Waals surface area (Å²) in [5, 5.41) is 9.76. The smallest absolute Gasteiger partial charge is 0.368 e. The molecular weight excluding hydrogens is 267 g/mol. The van der Waals surface area contributed by atoms with E-state index in [-0.39, 0.29) is 5.38 Å². The minimum atomic E-state index is -4.45. The summed E-state index contributed by atoms with van der Waals surface area (Å²) in [4.78, 5) is 0. The maximum atomic E-state index is 12.3. The van der Waals surface area contributed by atoms with Gasteiger partial charge < -0.3 is 5.32 Å². The molecule has 1 N–H and O–H groups in total. The van der Waals surface area contributed by atoms with Crippen LogP contribution in [-0.4, -0.2) is 22.1 Å². The molecule has 2 rings (SSSR count). The maximum Gasteiger partial charge on any atom is 0.435 e. The number of nitrogens with one attached hydrogen (secondary N) is 1. The van der Waals surface area contributed by atoms with Crippen LogP contribution >= 0.6 is 11.6 Å². The molecule has 2 atom stereocenters. The predicted molar refractivity (Wildman–Crippen MR) is 62.5 cm³/mol. The van der Waals surface area contributed by atoms with Crippen molar-refractivity contribution in [1.82, 2.24) is 10.2 Å². The second-order valence-electron chi connectivity index (χ2n) is 4.39. The fourth-order valence-corrected chi connectivity index (χ4v) is 2.40. The Labute approximate surface area is 108 Å². The zero-order chi connectivity index (χ0) is 13.2. The molecule has 0 aromatic carbocycles. The Balaban J connectivity index is 1.90. The van der Waals surface area contributed by atoms with E-state index in [1.807, 2.05) is 0 Å². The highest BCUT2D eigenvalue weighted by atomic mass is 35.5. The van der Waals surface area contributed by atoms with Crippen molar-refractivity contribution < 1.29 is 13.2 Å². The van der Waals surface area contributed by atoms with E-state index in [2.05, 4.69) is 15.5 Å². The van der Waals surface area contributed by atoms with Crippen molar-refractivity contribution in [3.05, 3.63) is 17.8 Å². The molecular formula is C11H13ClF3N3. The molecule has 1 heterocycles. The average molecular weight is 280 g/mol. The van der Waals surface area contributed by atoms with Crippen molar-refractivity contribution in [1.29, 1.82) is 0 Å². The summed E-state index contributed by atoms with van der Waals surface area (Å²) < 4.78 is 36.8. The summed E-state index contributed by atoms with van der Waals surface area (Å²) >= 11 is 6.10. The Hall–Kier alpha value is -1.04. The topological polar surface area (TPSA) is 37.8 Å². The first-order valence-corrected chi connectivity index (χ1v) is 6.19. The minimum absolute atomic E-state index is 0.139. The lowest BCUT2D eigenvalue weighted by Crippen LogP contribution is -2.19. The Bertz CT molecular complexity index is 394. The van der Waals surface area contributed by atoms with Gasteiger partial charge in [0.2, 0.25) is 0 Å². The summed E-state index contributed by atoms with van der Waals surface area (Å²) in [6.07, 6.45) is -1.32. The van der Waals surface area contributed by atoms with E-state index in [0.717, 1.165) is 25.3 Å². The molecule has 3 nitrogen and oxygen atoms in total. The normalized spacial score (nSPS) is 24.2. The molecule has 1 aliphatic carbocycles. The number of alkyl halides is 4. The Morgan fingerprint density at radius 2 is 2.06 bits per heavy atom. The van der Waals surface area contributed by atoms with Crippen LogP contribution in [-0.2, 0) is 6.18 Å². The Kier molecular flexibility index (Phi) is 3.94. The average Bonchev–Trinajstić information content (AvgIpc) is 2.72. The van der Waals surface area contributed by atoms with Crippen LogP contribution in [0.5, 0.6) is 0 Å². The van der Waals surface area contributed by atoms with E-state index < -0.39 is 11.9 Å². The zero-order valence-corrected chi connectivity index (χ0v) is 10.3. The van der Waals surface area contributed by atoms with E-state index in [9.17, 15) is 13.2 Å². The largest absolute Gasteiger partial charge is 0.435 e. The monoisotopic (exact) mass is 279 g/mol. The summed E-state index contributed by atoms with van der Waals surface area (Å²) in [6, 6.07) is 2.20. The number of hydrogen-bond acceptors (Lipinski definition) is 3. The van der Waals surface area contributed by atoms with Crippen molar-refractivity contribution in [2.75, 3.05) is 11.9 Å². The molecule has 0 amide bonds. The van der Waals surface area contributed by atoms with E-state index in [0.29, 0.717) is 18.3 Å². The van der Waals surface area contributed by atoms with Crippen LogP contribution in [0.25, 0.3) is 0 Å². The van der Waals surface area contributed by atoms with Gasteiger partial charge >= 0.3 is 6.18 Å². The van der Waals surface area contributed by atoms with Gasteiger partial charge in [-0.05, 0) is 30.9 Å². The number of rotatable bonds is 3. The molecule has 0 bridgehead atoms. The van der Waals surface area contributed by atoms with Gasteiger partial charge in [-0.1, -0.05) is 6.42 Å². The summed E-state index contributed by atoms with van der Waals surface area (Å²) in [7, 11) is 0. The molecule has 1 fully saturated rings. The molecule has 1 aliphatic rings.